The molecule has 156 valence electrons. The lowest BCUT2D eigenvalue weighted by atomic mass is 9.97. The van der Waals surface area contributed by atoms with Crippen molar-refractivity contribution >= 4 is 40.4 Å². The van der Waals surface area contributed by atoms with Crippen molar-refractivity contribution in [3.05, 3.63) is 99.7 Å². The molecule has 0 radical (unpaired) electrons. The molecule has 3 aromatic carbocycles. The second kappa shape index (κ2) is 7.96. The zero-order valence-corrected chi connectivity index (χ0v) is 17.4. The van der Waals surface area contributed by atoms with Crippen LogP contribution in [0.5, 0.6) is 0 Å². The molecule has 0 fully saturated rings. The Labute approximate surface area is 182 Å². The van der Waals surface area contributed by atoms with Gasteiger partial charge in [-0.2, -0.15) is 0 Å². The monoisotopic (exact) mass is 438 g/mol. The molecular formula is C24H17ClF2N2O2. The van der Waals surface area contributed by atoms with Gasteiger partial charge in [0, 0.05) is 16.8 Å². The standard InChI is InChI=1S/C24H17ClF2N2O2/c1-13-6-8-18(14(2)10-13)21-22(28-16-7-9-19(26)20(27)12-16)24(31)29(23(21)30)17-5-3-4-15(25)11-17/h3-12,28H,1-2H3. The van der Waals surface area contributed by atoms with Crippen molar-refractivity contribution in [3.63, 3.8) is 0 Å². The molecule has 1 aliphatic heterocycles. The number of amides is 2. The number of benzene rings is 3. The van der Waals surface area contributed by atoms with E-state index in [-0.39, 0.29) is 17.0 Å². The quantitative estimate of drug-likeness (QED) is 0.537. The molecular weight excluding hydrogens is 422 g/mol. The summed E-state index contributed by atoms with van der Waals surface area (Å²) in [5, 5.41) is 3.19. The molecule has 7 heteroatoms. The van der Waals surface area contributed by atoms with Gasteiger partial charge in [0.25, 0.3) is 11.8 Å². The van der Waals surface area contributed by atoms with Gasteiger partial charge in [-0.15, -0.1) is 0 Å². The minimum Gasteiger partial charge on any atom is -0.350 e. The fourth-order valence-corrected chi connectivity index (χ4v) is 3.74. The highest BCUT2D eigenvalue weighted by Crippen LogP contribution is 2.36. The van der Waals surface area contributed by atoms with E-state index in [0.29, 0.717) is 16.3 Å². The number of hydrogen-bond acceptors (Lipinski definition) is 3. The molecule has 4 rings (SSSR count). The Hall–Kier alpha value is -3.51. The van der Waals surface area contributed by atoms with Gasteiger partial charge in [-0.25, -0.2) is 13.7 Å². The van der Waals surface area contributed by atoms with Crippen LogP contribution in [-0.2, 0) is 9.59 Å². The molecule has 4 nitrogen and oxygen atoms in total. The summed E-state index contributed by atoms with van der Waals surface area (Å²) in [5.74, 6) is -3.23. The fourth-order valence-electron chi connectivity index (χ4n) is 3.56. The average Bonchev–Trinajstić information content (AvgIpc) is 2.95. The van der Waals surface area contributed by atoms with E-state index in [4.69, 9.17) is 11.6 Å². The summed E-state index contributed by atoms with van der Waals surface area (Å²) in [5.41, 5.74) is 2.94. The molecule has 0 saturated heterocycles. The van der Waals surface area contributed by atoms with Gasteiger partial charge in [-0.1, -0.05) is 41.4 Å². The first-order chi connectivity index (χ1) is 14.8. The smallest absolute Gasteiger partial charge is 0.282 e. The Morgan fingerprint density at radius 1 is 0.871 bits per heavy atom. The molecule has 0 saturated carbocycles. The molecule has 1 aliphatic rings. The molecule has 0 spiro atoms. The van der Waals surface area contributed by atoms with E-state index in [1.807, 2.05) is 26.0 Å². The number of nitrogens with one attached hydrogen (secondary N) is 1. The Morgan fingerprint density at radius 2 is 1.65 bits per heavy atom. The summed E-state index contributed by atoms with van der Waals surface area (Å²) in [7, 11) is 0. The molecule has 0 unspecified atom stereocenters. The number of carbonyl (C=O) groups excluding carboxylic acids is 2. The number of carbonyl (C=O) groups is 2. The van der Waals surface area contributed by atoms with Crippen LogP contribution in [0.25, 0.3) is 5.57 Å². The van der Waals surface area contributed by atoms with Crippen LogP contribution in [0.15, 0.2) is 66.4 Å². The second-order valence-electron chi connectivity index (χ2n) is 7.25. The van der Waals surface area contributed by atoms with Gasteiger partial charge in [0.1, 0.15) is 5.70 Å². The number of rotatable bonds is 4. The van der Waals surface area contributed by atoms with Crippen molar-refractivity contribution in [2.75, 3.05) is 10.2 Å². The minimum atomic E-state index is -1.07. The maximum atomic E-state index is 13.7. The summed E-state index contributed by atoms with van der Waals surface area (Å²) < 4.78 is 27.1. The van der Waals surface area contributed by atoms with E-state index in [2.05, 4.69) is 5.32 Å². The molecule has 0 aliphatic carbocycles. The summed E-state index contributed by atoms with van der Waals surface area (Å²) in [4.78, 5) is 27.8. The van der Waals surface area contributed by atoms with Gasteiger partial charge in [-0.3, -0.25) is 9.59 Å². The molecule has 31 heavy (non-hydrogen) atoms. The van der Waals surface area contributed by atoms with E-state index in [1.54, 1.807) is 24.3 Å². The average molecular weight is 439 g/mol. The summed E-state index contributed by atoms with van der Waals surface area (Å²) in [6.45, 7) is 3.76. The van der Waals surface area contributed by atoms with E-state index in [0.717, 1.165) is 28.2 Å². The van der Waals surface area contributed by atoms with Crippen molar-refractivity contribution in [2.24, 2.45) is 0 Å². The molecule has 1 heterocycles. The fraction of sp³-hybridized carbons (Fsp3) is 0.0833. The van der Waals surface area contributed by atoms with Gasteiger partial charge in [0.2, 0.25) is 0 Å². The zero-order chi connectivity index (χ0) is 22.3. The Balaban J connectivity index is 1.87. The van der Waals surface area contributed by atoms with Gasteiger partial charge >= 0.3 is 0 Å². The maximum Gasteiger partial charge on any atom is 0.282 e. The normalized spacial score (nSPS) is 13.9. The van der Waals surface area contributed by atoms with Gasteiger partial charge in [0.15, 0.2) is 11.6 Å². The van der Waals surface area contributed by atoms with Crippen LogP contribution in [0.3, 0.4) is 0 Å². The first-order valence-electron chi connectivity index (χ1n) is 9.44. The SMILES string of the molecule is Cc1ccc(C2=C(Nc3ccc(F)c(F)c3)C(=O)N(c3cccc(Cl)c3)C2=O)c(C)c1. The first kappa shape index (κ1) is 20.8. The van der Waals surface area contributed by atoms with Crippen LogP contribution in [0, 0.1) is 25.5 Å². The van der Waals surface area contributed by atoms with Crippen LogP contribution in [0.2, 0.25) is 5.02 Å². The number of hydrogen-bond donors (Lipinski definition) is 1. The zero-order valence-electron chi connectivity index (χ0n) is 16.7. The summed E-state index contributed by atoms with van der Waals surface area (Å²) in [6, 6.07) is 15.1. The first-order valence-corrected chi connectivity index (χ1v) is 9.82. The Bertz CT molecular complexity index is 1270. The topological polar surface area (TPSA) is 49.4 Å². The van der Waals surface area contributed by atoms with Gasteiger partial charge < -0.3 is 5.32 Å². The number of aryl methyl sites for hydroxylation is 2. The summed E-state index contributed by atoms with van der Waals surface area (Å²) >= 11 is 6.06. The number of nitrogens with zero attached hydrogens (tertiary/aromatic N) is 1. The van der Waals surface area contributed by atoms with E-state index in [1.165, 1.54) is 12.1 Å². The third-order valence-electron chi connectivity index (χ3n) is 4.99. The van der Waals surface area contributed by atoms with Crippen LogP contribution < -0.4 is 10.2 Å². The van der Waals surface area contributed by atoms with Gasteiger partial charge in [0.05, 0.1) is 11.3 Å². The molecule has 0 aromatic heterocycles. The lowest BCUT2D eigenvalue weighted by Crippen LogP contribution is -2.32. The van der Waals surface area contributed by atoms with Crippen LogP contribution in [-0.4, -0.2) is 11.8 Å². The van der Waals surface area contributed by atoms with E-state index < -0.39 is 23.4 Å². The molecule has 2 amide bonds. The third-order valence-corrected chi connectivity index (χ3v) is 5.23. The highest BCUT2D eigenvalue weighted by molar-refractivity contribution is 6.46. The number of anilines is 2. The highest BCUT2D eigenvalue weighted by Gasteiger charge is 2.40. The van der Waals surface area contributed by atoms with Crippen molar-refractivity contribution in [1.82, 2.24) is 0 Å². The molecule has 3 aromatic rings. The van der Waals surface area contributed by atoms with Crippen LogP contribution in [0.1, 0.15) is 16.7 Å². The van der Waals surface area contributed by atoms with Crippen LogP contribution >= 0.6 is 11.6 Å². The van der Waals surface area contributed by atoms with Gasteiger partial charge in [-0.05, 0) is 55.3 Å². The lowest BCUT2D eigenvalue weighted by Gasteiger charge is -2.16. The molecule has 0 bridgehead atoms. The van der Waals surface area contributed by atoms with Crippen molar-refractivity contribution in [1.29, 1.82) is 0 Å². The summed E-state index contributed by atoms with van der Waals surface area (Å²) in [6.07, 6.45) is 0. The molecule has 1 N–H and O–H groups in total. The van der Waals surface area contributed by atoms with Crippen LogP contribution in [0.4, 0.5) is 20.2 Å². The molecule has 0 atom stereocenters. The Morgan fingerprint density at radius 3 is 2.32 bits per heavy atom. The maximum absolute atomic E-state index is 13.7. The third kappa shape index (κ3) is 3.82. The van der Waals surface area contributed by atoms with Crippen molar-refractivity contribution in [2.45, 2.75) is 13.8 Å². The second-order valence-corrected chi connectivity index (χ2v) is 7.68. The van der Waals surface area contributed by atoms with Crippen molar-refractivity contribution in [3.8, 4) is 0 Å². The van der Waals surface area contributed by atoms with E-state index >= 15 is 0 Å². The van der Waals surface area contributed by atoms with E-state index in [9.17, 15) is 18.4 Å². The lowest BCUT2D eigenvalue weighted by molar-refractivity contribution is -0.120. The minimum absolute atomic E-state index is 0.0251. The largest absolute Gasteiger partial charge is 0.350 e. The predicted molar refractivity (Wildman–Crippen MR) is 117 cm³/mol. The van der Waals surface area contributed by atoms with Crippen molar-refractivity contribution < 1.29 is 18.4 Å². The number of imide groups is 1. The predicted octanol–water partition coefficient (Wildman–Crippen LogP) is 5.63. The highest BCUT2D eigenvalue weighted by atomic mass is 35.5. The Kier molecular flexibility index (Phi) is 5.33. The number of halogens is 3.